The Morgan fingerprint density at radius 3 is 2.88 bits per heavy atom. The third-order valence-corrected chi connectivity index (χ3v) is 4.77. The van der Waals surface area contributed by atoms with E-state index in [9.17, 15) is 4.79 Å². The molecule has 0 aliphatic carbocycles. The molecule has 138 valence electrons. The molecule has 0 aromatic heterocycles. The number of benzene rings is 1. The van der Waals surface area contributed by atoms with E-state index < -0.39 is 0 Å². The number of hydrogen-bond donors (Lipinski definition) is 1. The molecule has 2 aliphatic rings. The molecule has 2 heterocycles. The first-order valence-corrected chi connectivity index (χ1v) is 9.22. The van der Waals surface area contributed by atoms with Crippen molar-refractivity contribution >= 4 is 5.91 Å². The van der Waals surface area contributed by atoms with Crippen LogP contribution in [-0.4, -0.2) is 50.4 Å². The minimum atomic E-state index is 0.139. The maximum atomic E-state index is 12.2. The molecule has 1 saturated heterocycles. The molecule has 1 aromatic carbocycles. The fraction of sp³-hybridized carbons (Fsp3) is 0.632. The van der Waals surface area contributed by atoms with E-state index in [0.717, 1.165) is 57.0 Å². The van der Waals surface area contributed by atoms with Gasteiger partial charge in [0.15, 0.2) is 11.5 Å². The zero-order valence-corrected chi connectivity index (χ0v) is 15.0. The van der Waals surface area contributed by atoms with Crippen LogP contribution in [0.25, 0.3) is 0 Å². The van der Waals surface area contributed by atoms with E-state index in [0.29, 0.717) is 19.9 Å². The van der Waals surface area contributed by atoms with Gasteiger partial charge < -0.3 is 19.5 Å². The van der Waals surface area contributed by atoms with Crippen LogP contribution in [0.4, 0.5) is 0 Å². The Morgan fingerprint density at radius 2 is 2.08 bits per heavy atom. The monoisotopic (exact) mass is 348 g/mol. The predicted octanol–water partition coefficient (Wildman–Crippen LogP) is 2.17. The average molecular weight is 348 g/mol. The number of carbonyl (C=O) groups is 1. The number of carbonyl (C=O) groups excluding carboxylic acids is 1. The van der Waals surface area contributed by atoms with Crippen LogP contribution in [0.1, 0.15) is 31.7 Å². The van der Waals surface area contributed by atoms with Crippen LogP contribution >= 0.6 is 0 Å². The minimum Gasteiger partial charge on any atom is -0.454 e. The second kappa shape index (κ2) is 9.06. The molecular weight excluding hydrogens is 320 g/mol. The molecule has 0 atom stereocenters. The molecule has 0 spiro atoms. The zero-order valence-electron chi connectivity index (χ0n) is 15.0. The molecule has 3 rings (SSSR count). The van der Waals surface area contributed by atoms with Gasteiger partial charge in [0.25, 0.3) is 0 Å². The molecule has 0 radical (unpaired) electrons. The topological polar surface area (TPSA) is 60.0 Å². The van der Waals surface area contributed by atoms with E-state index in [2.05, 4.69) is 22.3 Å². The van der Waals surface area contributed by atoms with Gasteiger partial charge in [0.2, 0.25) is 12.7 Å². The van der Waals surface area contributed by atoms with Crippen molar-refractivity contribution in [2.45, 2.75) is 32.7 Å². The normalized spacial score (nSPS) is 17.6. The van der Waals surface area contributed by atoms with Crippen LogP contribution in [0.3, 0.4) is 0 Å². The molecular formula is C19H28N2O4. The fourth-order valence-electron chi connectivity index (χ4n) is 3.33. The number of piperidine rings is 1. The Morgan fingerprint density at radius 1 is 1.28 bits per heavy atom. The van der Waals surface area contributed by atoms with Crippen molar-refractivity contribution in [3.05, 3.63) is 23.8 Å². The zero-order chi connectivity index (χ0) is 17.5. The number of amides is 1. The van der Waals surface area contributed by atoms with Crippen LogP contribution in [0, 0.1) is 5.92 Å². The molecule has 6 heteroatoms. The Bertz CT molecular complexity index is 571. The van der Waals surface area contributed by atoms with Crippen molar-refractivity contribution in [2.75, 3.05) is 39.6 Å². The van der Waals surface area contributed by atoms with Gasteiger partial charge in [0.05, 0.1) is 0 Å². The third-order valence-electron chi connectivity index (χ3n) is 4.77. The van der Waals surface area contributed by atoms with Crippen LogP contribution in [0.2, 0.25) is 0 Å². The minimum absolute atomic E-state index is 0.139. The fourth-order valence-corrected chi connectivity index (χ4v) is 3.33. The second-order valence-electron chi connectivity index (χ2n) is 6.58. The highest BCUT2D eigenvalue weighted by Gasteiger charge is 2.25. The van der Waals surface area contributed by atoms with E-state index in [4.69, 9.17) is 14.2 Å². The number of nitrogens with zero attached hydrogens (tertiary/aromatic N) is 1. The van der Waals surface area contributed by atoms with Crippen molar-refractivity contribution in [1.29, 1.82) is 0 Å². The van der Waals surface area contributed by atoms with Crippen molar-refractivity contribution in [3.8, 4) is 11.5 Å². The highest BCUT2D eigenvalue weighted by atomic mass is 16.7. The van der Waals surface area contributed by atoms with Gasteiger partial charge >= 0.3 is 0 Å². The summed E-state index contributed by atoms with van der Waals surface area (Å²) < 4.78 is 16.1. The molecule has 1 amide bonds. The molecule has 25 heavy (non-hydrogen) atoms. The lowest BCUT2D eigenvalue weighted by atomic mass is 9.95. The molecule has 0 bridgehead atoms. The van der Waals surface area contributed by atoms with Crippen molar-refractivity contribution in [3.63, 3.8) is 0 Å². The predicted molar refractivity (Wildman–Crippen MR) is 94.7 cm³/mol. The van der Waals surface area contributed by atoms with E-state index in [1.54, 1.807) is 0 Å². The smallest absolute Gasteiger partial charge is 0.231 e. The van der Waals surface area contributed by atoms with Gasteiger partial charge in [0, 0.05) is 32.2 Å². The summed E-state index contributed by atoms with van der Waals surface area (Å²) in [6.45, 7) is 7.23. The summed E-state index contributed by atoms with van der Waals surface area (Å²) in [5.74, 6) is 1.99. The molecule has 1 fully saturated rings. The first-order valence-electron chi connectivity index (χ1n) is 9.22. The second-order valence-corrected chi connectivity index (χ2v) is 6.58. The molecule has 1 aromatic rings. The number of fused-ring (bicyclic) bond motifs is 1. The Balaban J connectivity index is 1.37. The largest absolute Gasteiger partial charge is 0.454 e. The summed E-state index contributed by atoms with van der Waals surface area (Å²) in [6, 6.07) is 6.12. The summed E-state index contributed by atoms with van der Waals surface area (Å²) >= 11 is 0. The van der Waals surface area contributed by atoms with Gasteiger partial charge in [-0.15, -0.1) is 0 Å². The van der Waals surface area contributed by atoms with E-state index in [1.165, 1.54) is 5.56 Å². The van der Waals surface area contributed by atoms with E-state index >= 15 is 0 Å². The maximum absolute atomic E-state index is 12.2. The molecule has 1 N–H and O–H groups in total. The maximum Gasteiger partial charge on any atom is 0.231 e. The number of ether oxygens (including phenoxy) is 3. The number of hydrogen-bond acceptors (Lipinski definition) is 5. The Labute approximate surface area is 149 Å². The highest BCUT2D eigenvalue weighted by molar-refractivity contribution is 5.78. The quantitative estimate of drug-likeness (QED) is 0.730. The van der Waals surface area contributed by atoms with Crippen molar-refractivity contribution in [2.24, 2.45) is 5.92 Å². The lowest BCUT2D eigenvalue weighted by molar-refractivity contribution is -0.126. The summed E-state index contributed by atoms with van der Waals surface area (Å²) in [4.78, 5) is 14.6. The van der Waals surface area contributed by atoms with Crippen LogP contribution in [0.5, 0.6) is 11.5 Å². The van der Waals surface area contributed by atoms with Gasteiger partial charge in [-0.05, 0) is 57.0 Å². The molecule has 2 aliphatic heterocycles. The van der Waals surface area contributed by atoms with Crippen LogP contribution < -0.4 is 14.8 Å². The van der Waals surface area contributed by atoms with Gasteiger partial charge in [0.1, 0.15) is 0 Å². The summed E-state index contributed by atoms with van der Waals surface area (Å²) in [6.07, 6.45) is 2.71. The summed E-state index contributed by atoms with van der Waals surface area (Å²) in [5, 5.41) is 3.04. The Hall–Kier alpha value is -1.79. The van der Waals surface area contributed by atoms with Gasteiger partial charge in [-0.3, -0.25) is 9.69 Å². The van der Waals surface area contributed by atoms with Crippen molar-refractivity contribution in [1.82, 2.24) is 10.2 Å². The summed E-state index contributed by atoms with van der Waals surface area (Å²) in [7, 11) is 0. The average Bonchev–Trinajstić information content (AvgIpc) is 3.10. The first kappa shape index (κ1) is 18.0. The SMILES string of the molecule is CCOCCCNC(=O)C1CCN(Cc2ccc3c(c2)OCO3)CC1. The Kier molecular flexibility index (Phi) is 6.53. The van der Waals surface area contributed by atoms with E-state index in [1.807, 2.05) is 13.0 Å². The van der Waals surface area contributed by atoms with Gasteiger partial charge in [-0.25, -0.2) is 0 Å². The molecule has 6 nitrogen and oxygen atoms in total. The first-order chi connectivity index (χ1) is 12.3. The lowest BCUT2D eigenvalue weighted by Gasteiger charge is -2.31. The van der Waals surface area contributed by atoms with Crippen LogP contribution in [-0.2, 0) is 16.1 Å². The third kappa shape index (κ3) is 5.09. The molecule has 0 unspecified atom stereocenters. The van der Waals surface area contributed by atoms with E-state index in [-0.39, 0.29) is 11.8 Å². The number of likely N-dealkylation sites (tertiary alicyclic amines) is 1. The number of rotatable bonds is 8. The lowest BCUT2D eigenvalue weighted by Crippen LogP contribution is -2.40. The summed E-state index contributed by atoms with van der Waals surface area (Å²) in [5.41, 5.74) is 1.23. The van der Waals surface area contributed by atoms with Gasteiger partial charge in [-0.2, -0.15) is 0 Å². The van der Waals surface area contributed by atoms with Gasteiger partial charge in [-0.1, -0.05) is 6.07 Å². The standard InChI is InChI=1S/C19H28N2O4/c1-2-23-11-3-8-20-19(22)16-6-9-21(10-7-16)13-15-4-5-17-18(12-15)25-14-24-17/h4-5,12,16H,2-3,6-11,13-14H2,1H3,(H,20,22). The van der Waals surface area contributed by atoms with Crippen molar-refractivity contribution < 1.29 is 19.0 Å². The number of nitrogens with one attached hydrogen (secondary N) is 1. The highest BCUT2D eigenvalue weighted by Crippen LogP contribution is 2.33. The molecule has 0 saturated carbocycles. The van der Waals surface area contributed by atoms with Crippen LogP contribution in [0.15, 0.2) is 18.2 Å².